The zero-order valence-corrected chi connectivity index (χ0v) is 23.0. The fraction of sp³-hybridized carbons (Fsp3) is 0.0968. The first kappa shape index (κ1) is 24.5. The van der Waals surface area contributed by atoms with Crippen LogP contribution in [0.3, 0.4) is 0 Å². The minimum absolute atomic E-state index is 0.0342. The van der Waals surface area contributed by atoms with E-state index >= 15 is 0 Å². The molecule has 0 amide bonds. The van der Waals surface area contributed by atoms with Gasteiger partial charge >= 0.3 is 225 Å². The summed E-state index contributed by atoms with van der Waals surface area (Å²) in [7, 11) is 0. The van der Waals surface area contributed by atoms with Crippen LogP contribution in [0, 0.1) is 0 Å². The van der Waals surface area contributed by atoms with Gasteiger partial charge in [0.2, 0.25) is 0 Å². The second kappa shape index (κ2) is 12.2. The first-order valence-electron chi connectivity index (χ1n) is 11.8. The molecule has 0 spiro atoms. The van der Waals surface area contributed by atoms with Crippen molar-refractivity contribution in [2.24, 2.45) is 0 Å². The van der Waals surface area contributed by atoms with E-state index in [-0.39, 0.29) is 33.6 Å². The number of benzene rings is 4. The molecule has 0 saturated heterocycles. The molecule has 0 saturated carbocycles. The van der Waals surface area contributed by atoms with Gasteiger partial charge in [0.1, 0.15) is 0 Å². The number of nitrogens with zero attached hydrogens (tertiary/aromatic N) is 1. The van der Waals surface area contributed by atoms with Crippen molar-refractivity contribution in [2.45, 2.75) is 16.6 Å². The van der Waals surface area contributed by atoms with E-state index in [1.54, 1.807) is 0 Å². The van der Waals surface area contributed by atoms with Crippen LogP contribution < -0.4 is 8.92 Å². The zero-order chi connectivity index (χ0) is 24.6. The van der Waals surface area contributed by atoms with Gasteiger partial charge in [-0.15, -0.1) is 0 Å². The van der Waals surface area contributed by atoms with Gasteiger partial charge in [0, 0.05) is 0 Å². The molecule has 0 fully saturated rings. The van der Waals surface area contributed by atoms with Gasteiger partial charge in [0.15, 0.2) is 0 Å². The minimum atomic E-state index is 0.0342. The Hall–Kier alpha value is -3.20. The quantitative estimate of drug-likeness (QED) is 0.204. The monoisotopic (exact) mass is 603 g/mol. The Kier molecular flexibility index (Phi) is 8.27. The Morgan fingerprint density at radius 1 is 0.667 bits per heavy atom. The molecule has 0 aliphatic heterocycles. The number of hydrogen-bond donors (Lipinski definition) is 0. The van der Waals surface area contributed by atoms with Crippen molar-refractivity contribution >= 4 is 44.6 Å². The van der Waals surface area contributed by atoms with Crippen molar-refractivity contribution < 1.29 is 9.21 Å². The van der Waals surface area contributed by atoms with Gasteiger partial charge in [-0.3, -0.25) is 0 Å². The molecule has 36 heavy (non-hydrogen) atoms. The summed E-state index contributed by atoms with van der Waals surface area (Å²) in [6.07, 6.45) is 0.925. The Morgan fingerprint density at radius 2 is 1.14 bits per heavy atom. The Bertz CT molecular complexity index is 1290. The second-order valence-electron chi connectivity index (χ2n) is 8.18. The molecule has 0 atom stereocenters. The first-order valence-corrected chi connectivity index (χ1v) is 15.5. The summed E-state index contributed by atoms with van der Waals surface area (Å²) in [5, 5.41) is 0. The van der Waals surface area contributed by atoms with E-state index in [0.29, 0.717) is 24.5 Å². The van der Waals surface area contributed by atoms with Crippen LogP contribution >= 0.6 is 0 Å². The topological polar surface area (TPSA) is 43.1 Å². The molecular weight excluding hydrogens is 576 g/mol. The maximum atomic E-state index is 13.5. The average Bonchev–Trinajstić information content (AvgIpc) is 3.38. The van der Waals surface area contributed by atoms with E-state index in [1.165, 1.54) is 8.92 Å². The van der Waals surface area contributed by atoms with Crippen molar-refractivity contribution in [2.75, 3.05) is 0 Å². The molecule has 0 unspecified atom stereocenters. The van der Waals surface area contributed by atoms with Crippen molar-refractivity contribution in [3.05, 3.63) is 127 Å². The van der Waals surface area contributed by atoms with Crippen LogP contribution in [-0.2, 0) is 11.2 Å². The van der Waals surface area contributed by atoms with Crippen molar-refractivity contribution in [1.82, 2.24) is 4.98 Å². The summed E-state index contributed by atoms with van der Waals surface area (Å²) < 4.78 is 8.82. The third-order valence-electron chi connectivity index (χ3n) is 5.58. The summed E-state index contributed by atoms with van der Waals surface area (Å²) in [6.45, 7) is 0. The van der Waals surface area contributed by atoms with Crippen LogP contribution in [-0.4, -0.2) is 40.7 Å². The third-order valence-corrected chi connectivity index (χ3v) is 12.0. The molecular formula is C31H25NO2Se2. The molecule has 5 aromatic rings. The van der Waals surface area contributed by atoms with Crippen molar-refractivity contribution in [1.29, 1.82) is 0 Å². The van der Waals surface area contributed by atoms with Crippen molar-refractivity contribution in [3.63, 3.8) is 0 Å². The number of aryl methyl sites for hydroxylation is 1. The third kappa shape index (κ3) is 6.32. The van der Waals surface area contributed by atoms with Crippen LogP contribution in [0.4, 0.5) is 0 Å². The number of hydrogen-bond acceptors (Lipinski definition) is 3. The summed E-state index contributed by atoms with van der Waals surface area (Å²) in [5.41, 5.74) is 2.82. The molecule has 0 N–H and O–H groups in total. The maximum absolute atomic E-state index is 13.5. The number of carbonyl (C=O) groups excluding carboxylic acids is 1. The number of carbonyl (C=O) groups is 1. The van der Waals surface area contributed by atoms with Crippen LogP contribution in [0.1, 0.15) is 12.3 Å². The van der Waals surface area contributed by atoms with E-state index in [1.807, 2.05) is 72.8 Å². The number of rotatable bonds is 10. The summed E-state index contributed by atoms with van der Waals surface area (Å²) >= 11 is 0.157. The van der Waals surface area contributed by atoms with Gasteiger partial charge in [-0.25, -0.2) is 0 Å². The van der Waals surface area contributed by atoms with Gasteiger partial charge in [0.25, 0.3) is 0 Å². The Balaban J connectivity index is 1.36. The predicted octanol–water partition coefficient (Wildman–Crippen LogP) is 5.32. The molecule has 0 aliphatic carbocycles. The van der Waals surface area contributed by atoms with Crippen LogP contribution in [0.25, 0.3) is 22.6 Å². The van der Waals surface area contributed by atoms with Gasteiger partial charge in [-0.1, -0.05) is 0 Å². The van der Waals surface area contributed by atoms with Crippen molar-refractivity contribution in [3.8, 4) is 22.6 Å². The molecule has 178 valence electrons. The van der Waals surface area contributed by atoms with Crippen LogP contribution in [0.15, 0.2) is 126 Å². The molecule has 4 aromatic carbocycles. The van der Waals surface area contributed by atoms with E-state index in [4.69, 9.17) is 9.40 Å². The predicted molar refractivity (Wildman–Crippen MR) is 148 cm³/mol. The van der Waals surface area contributed by atoms with Gasteiger partial charge < -0.3 is 0 Å². The average molecular weight is 601 g/mol. The second-order valence-corrected chi connectivity index (χ2v) is 14.6. The molecule has 3 nitrogen and oxygen atoms in total. The molecule has 1 aromatic heterocycles. The van der Waals surface area contributed by atoms with E-state index in [2.05, 4.69) is 48.5 Å². The molecule has 0 radical (unpaired) electrons. The normalized spacial score (nSPS) is 11.0. The fourth-order valence-electron chi connectivity index (χ4n) is 3.80. The number of Topliss-reactive ketones (excluding diaryl/α,β-unsaturated/α-hetero) is 1. The molecule has 1 heterocycles. The molecule has 5 rings (SSSR count). The van der Waals surface area contributed by atoms with Crippen LogP contribution in [0.5, 0.6) is 0 Å². The first-order chi connectivity index (χ1) is 17.8. The zero-order valence-electron chi connectivity index (χ0n) is 19.6. The number of ketones is 1. The molecule has 0 bridgehead atoms. The Morgan fingerprint density at radius 3 is 1.67 bits per heavy atom. The molecule has 5 heteroatoms. The SMILES string of the molecule is O=C(CCc1nc(-c2ccccc2)c(-c2ccccc2)o1)C([Se]c1ccccc1)[Se]c1ccccc1. The number of aromatic nitrogens is 1. The van der Waals surface area contributed by atoms with Gasteiger partial charge in [0.05, 0.1) is 0 Å². The standard InChI is InChI=1S/C31H25NO2Se2/c33-27(31(35-25-17-9-3-10-18-25)36-26-19-11-4-12-20-26)21-22-28-32-29(23-13-5-1-6-14-23)30(34-28)24-15-7-2-8-16-24/h1-20,31H,21-22H2. The summed E-state index contributed by atoms with van der Waals surface area (Å²) in [6, 6.07) is 40.9. The Labute approximate surface area is 224 Å². The van der Waals surface area contributed by atoms with E-state index in [0.717, 1.165) is 22.6 Å². The van der Waals surface area contributed by atoms with E-state index < -0.39 is 0 Å². The van der Waals surface area contributed by atoms with Crippen LogP contribution in [0.2, 0.25) is 3.71 Å². The molecule has 0 aliphatic rings. The van der Waals surface area contributed by atoms with E-state index in [9.17, 15) is 4.79 Å². The summed E-state index contributed by atoms with van der Waals surface area (Å²) in [4.78, 5) is 18.4. The summed E-state index contributed by atoms with van der Waals surface area (Å²) in [5.74, 6) is 1.66. The van der Waals surface area contributed by atoms with Gasteiger partial charge in [-0.05, 0) is 0 Å². The number of oxazole rings is 1. The van der Waals surface area contributed by atoms with Gasteiger partial charge in [-0.2, -0.15) is 0 Å². The fourth-order valence-corrected chi connectivity index (χ4v) is 10.2.